The van der Waals surface area contributed by atoms with Gasteiger partial charge < -0.3 is 14.6 Å². The number of aliphatic carboxylic acids is 1. The van der Waals surface area contributed by atoms with E-state index in [0.717, 1.165) is 44.8 Å². The van der Waals surface area contributed by atoms with Crippen molar-refractivity contribution < 1.29 is 19.4 Å². The van der Waals surface area contributed by atoms with Crippen LogP contribution in [0, 0.1) is 11.8 Å². The Morgan fingerprint density at radius 2 is 2.28 bits per heavy atom. The maximum absolute atomic E-state index is 10.9. The maximum Gasteiger partial charge on any atom is 0.306 e. The van der Waals surface area contributed by atoms with Crippen LogP contribution in [-0.2, 0) is 14.3 Å². The Labute approximate surface area is 109 Å². The van der Waals surface area contributed by atoms with Gasteiger partial charge in [0.2, 0.25) is 0 Å². The quantitative estimate of drug-likeness (QED) is 0.678. The average molecular weight is 256 g/mol. The van der Waals surface area contributed by atoms with Crippen molar-refractivity contribution in [2.24, 2.45) is 11.8 Å². The second-order valence-electron chi connectivity index (χ2n) is 5.18. The molecule has 4 nitrogen and oxygen atoms in total. The number of carboxylic acid groups (broad SMARTS) is 1. The molecule has 1 N–H and O–H groups in total. The fourth-order valence-corrected chi connectivity index (χ4v) is 2.77. The molecule has 0 spiro atoms. The number of aldehydes is 1. The second kappa shape index (κ2) is 8.25. The van der Waals surface area contributed by atoms with Crippen LogP contribution >= 0.6 is 0 Å². The van der Waals surface area contributed by atoms with Gasteiger partial charge in [0.05, 0.1) is 12.0 Å². The van der Waals surface area contributed by atoms with Gasteiger partial charge in [-0.15, -0.1) is 0 Å². The SMILES string of the molecule is CCC(CC[C@@H]1CCC[C@H](OCC=O)C1)C(=O)O. The van der Waals surface area contributed by atoms with Crippen LogP contribution in [0.25, 0.3) is 0 Å². The summed E-state index contributed by atoms with van der Waals surface area (Å²) in [5.41, 5.74) is 0. The number of carboxylic acids is 1. The van der Waals surface area contributed by atoms with Crippen LogP contribution in [0.4, 0.5) is 0 Å². The second-order valence-corrected chi connectivity index (χ2v) is 5.18. The molecule has 3 atom stereocenters. The van der Waals surface area contributed by atoms with Gasteiger partial charge in [-0.1, -0.05) is 19.8 Å². The molecule has 104 valence electrons. The predicted molar refractivity (Wildman–Crippen MR) is 68.4 cm³/mol. The summed E-state index contributed by atoms with van der Waals surface area (Å²) in [6.07, 6.45) is 7.70. The number of ether oxygens (including phenoxy) is 1. The highest BCUT2D eigenvalue weighted by molar-refractivity contribution is 5.69. The van der Waals surface area contributed by atoms with Crippen molar-refractivity contribution in [2.75, 3.05) is 6.61 Å². The van der Waals surface area contributed by atoms with Gasteiger partial charge in [-0.05, 0) is 38.0 Å². The monoisotopic (exact) mass is 256 g/mol. The van der Waals surface area contributed by atoms with E-state index in [-0.39, 0.29) is 18.6 Å². The molecule has 0 amide bonds. The Morgan fingerprint density at radius 3 is 2.89 bits per heavy atom. The third-order valence-corrected chi connectivity index (χ3v) is 3.90. The topological polar surface area (TPSA) is 63.6 Å². The summed E-state index contributed by atoms with van der Waals surface area (Å²) < 4.78 is 5.46. The normalized spacial score (nSPS) is 25.6. The van der Waals surface area contributed by atoms with Gasteiger partial charge in [0.15, 0.2) is 0 Å². The summed E-state index contributed by atoms with van der Waals surface area (Å²) in [5, 5.41) is 9.01. The molecule has 0 heterocycles. The Kier molecular flexibility index (Phi) is 6.94. The number of hydrogen-bond donors (Lipinski definition) is 1. The molecular weight excluding hydrogens is 232 g/mol. The van der Waals surface area contributed by atoms with Crippen molar-refractivity contribution in [3.8, 4) is 0 Å². The summed E-state index contributed by atoms with van der Waals surface area (Å²) in [4.78, 5) is 21.2. The van der Waals surface area contributed by atoms with Crippen LogP contribution in [0.3, 0.4) is 0 Å². The zero-order valence-corrected chi connectivity index (χ0v) is 11.1. The molecule has 18 heavy (non-hydrogen) atoms. The molecular formula is C14H24O4. The van der Waals surface area contributed by atoms with Crippen molar-refractivity contribution in [3.05, 3.63) is 0 Å². The molecule has 0 radical (unpaired) electrons. The lowest BCUT2D eigenvalue weighted by Crippen LogP contribution is -2.24. The van der Waals surface area contributed by atoms with Crippen molar-refractivity contribution in [2.45, 2.75) is 58.0 Å². The number of carbonyl (C=O) groups excluding carboxylic acids is 1. The fourth-order valence-electron chi connectivity index (χ4n) is 2.77. The number of carbonyl (C=O) groups is 2. The van der Waals surface area contributed by atoms with E-state index in [1.165, 1.54) is 0 Å². The van der Waals surface area contributed by atoms with Crippen molar-refractivity contribution in [1.29, 1.82) is 0 Å². The van der Waals surface area contributed by atoms with E-state index in [0.29, 0.717) is 12.3 Å². The molecule has 1 saturated carbocycles. The first-order valence-electron chi connectivity index (χ1n) is 6.95. The van der Waals surface area contributed by atoms with E-state index in [4.69, 9.17) is 9.84 Å². The molecule has 1 fully saturated rings. The zero-order valence-electron chi connectivity index (χ0n) is 11.1. The smallest absolute Gasteiger partial charge is 0.306 e. The van der Waals surface area contributed by atoms with E-state index in [9.17, 15) is 9.59 Å². The third kappa shape index (κ3) is 5.17. The van der Waals surface area contributed by atoms with Crippen LogP contribution in [-0.4, -0.2) is 30.1 Å². The summed E-state index contributed by atoms with van der Waals surface area (Å²) in [6.45, 7) is 2.11. The number of rotatable bonds is 8. The Balaban J connectivity index is 2.29. The summed E-state index contributed by atoms with van der Waals surface area (Å²) in [5.74, 6) is -0.327. The van der Waals surface area contributed by atoms with Crippen LogP contribution in [0.5, 0.6) is 0 Å². The third-order valence-electron chi connectivity index (χ3n) is 3.90. The Hall–Kier alpha value is -0.900. The van der Waals surface area contributed by atoms with Gasteiger partial charge >= 0.3 is 5.97 Å². The lowest BCUT2D eigenvalue weighted by Gasteiger charge is -2.29. The zero-order chi connectivity index (χ0) is 13.4. The minimum absolute atomic E-state index is 0.185. The molecule has 0 aliphatic heterocycles. The van der Waals surface area contributed by atoms with Crippen LogP contribution in [0.2, 0.25) is 0 Å². The highest BCUT2D eigenvalue weighted by atomic mass is 16.5. The largest absolute Gasteiger partial charge is 0.481 e. The van der Waals surface area contributed by atoms with Crippen LogP contribution in [0.15, 0.2) is 0 Å². The van der Waals surface area contributed by atoms with Gasteiger partial charge in [-0.2, -0.15) is 0 Å². The molecule has 0 aromatic heterocycles. The first-order valence-corrected chi connectivity index (χ1v) is 6.95. The molecule has 4 heteroatoms. The molecule has 1 rings (SSSR count). The standard InChI is InChI=1S/C14H24O4/c1-2-12(14(16)17)7-6-11-4-3-5-13(10-11)18-9-8-15/h8,11-13H,2-7,9-10H2,1H3,(H,16,17)/t11-,12?,13-/m0/s1. The molecule has 0 aromatic carbocycles. The van der Waals surface area contributed by atoms with Crippen molar-refractivity contribution in [1.82, 2.24) is 0 Å². The highest BCUT2D eigenvalue weighted by Gasteiger charge is 2.24. The van der Waals surface area contributed by atoms with Crippen LogP contribution in [0.1, 0.15) is 51.9 Å². The van der Waals surface area contributed by atoms with Gasteiger partial charge in [-0.3, -0.25) is 4.79 Å². The Morgan fingerprint density at radius 1 is 1.50 bits per heavy atom. The fraction of sp³-hybridized carbons (Fsp3) is 0.857. The van der Waals surface area contributed by atoms with Crippen LogP contribution < -0.4 is 0 Å². The molecule has 1 aliphatic carbocycles. The van der Waals surface area contributed by atoms with E-state index < -0.39 is 5.97 Å². The molecule has 0 bridgehead atoms. The van der Waals surface area contributed by atoms with Gasteiger partial charge in [0.1, 0.15) is 12.9 Å². The summed E-state index contributed by atoms with van der Waals surface area (Å²) in [6, 6.07) is 0. The van der Waals surface area contributed by atoms with E-state index in [1.807, 2.05) is 6.92 Å². The van der Waals surface area contributed by atoms with Gasteiger partial charge in [0, 0.05) is 0 Å². The lowest BCUT2D eigenvalue weighted by molar-refractivity contribution is -0.142. The van der Waals surface area contributed by atoms with Gasteiger partial charge in [-0.25, -0.2) is 0 Å². The number of hydrogen-bond acceptors (Lipinski definition) is 3. The van der Waals surface area contributed by atoms with E-state index in [1.54, 1.807) is 0 Å². The summed E-state index contributed by atoms with van der Waals surface area (Å²) in [7, 11) is 0. The van der Waals surface area contributed by atoms with Crippen molar-refractivity contribution in [3.63, 3.8) is 0 Å². The maximum atomic E-state index is 10.9. The minimum atomic E-state index is -0.679. The summed E-state index contributed by atoms with van der Waals surface area (Å²) >= 11 is 0. The van der Waals surface area contributed by atoms with E-state index >= 15 is 0 Å². The van der Waals surface area contributed by atoms with Crippen molar-refractivity contribution >= 4 is 12.3 Å². The molecule has 0 aromatic rings. The average Bonchev–Trinajstić information content (AvgIpc) is 2.37. The first-order chi connectivity index (χ1) is 8.67. The molecule has 0 saturated heterocycles. The molecule has 1 aliphatic rings. The minimum Gasteiger partial charge on any atom is -0.481 e. The lowest BCUT2D eigenvalue weighted by atomic mass is 9.82. The first kappa shape index (κ1) is 15.2. The van der Waals surface area contributed by atoms with E-state index in [2.05, 4.69) is 0 Å². The molecule has 1 unspecified atom stereocenters. The predicted octanol–water partition coefficient (Wildman–Crippen LogP) is 2.65. The highest BCUT2D eigenvalue weighted by Crippen LogP contribution is 2.31. The van der Waals surface area contributed by atoms with Gasteiger partial charge in [0.25, 0.3) is 0 Å². The Bertz CT molecular complexity index is 265.